The molecule has 4 nitrogen and oxygen atoms in total. The molecule has 0 N–H and O–H groups in total. The molecule has 0 fully saturated rings. The van der Waals surface area contributed by atoms with Crippen LogP contribution in [-0.2, 0) is 4.79 Å². The topological polar surface area (TPSA) is 38.8 Å². The molecule has 26 heavy (non-hydrogen) atoms. The minimum atomic E-state index is 0.179. The van der Waals surface area contributed by atoms with Gasteiger partial charge in [0.05, 0.1) is 6.54 Å². The summed E-state index contributed by atoms with van der Waals surface area (Å²) < 4.78 is 11.5. The van der Waals surface area contributed by atoms with E-state index in [4.69, 9.17) is 32.7 Å². The molecule has 0 amide bonds. The number of halogens is 2. The lowest BCUT2D eigenvalue weighted by molar-refractivity contribution is -0.117. The Balaban J connectivity index is 1.92. The fourth-order valence-corrected chi connectivity index (χ4v) is 2.30. The van der Waals surface area contributed by atoms with Crippen LogP contribution in [0.25, 0.3) is 0 Å². The summed E-state index contributed by atoms with van der Waals surface area (Å²) in [7, 11) is 1.90. The van der Waals surface area contributed by atoms with E-state index < -0.39 is 0 Å². The van der Waals surface area contributed by atoms with E-state index in [9.17, 15) is 4.79 Å². The van der Waals surface area contributed by atoms with E-state index in [0.717, 1.165) is 11.4 Å². The van der Waals surface area contributed by atoms with Gasteiger partial charge >= 0.3 is 0 Å². The number of likely N-dealkylation sites (N-methyl/N-ethyl adjacent to an activating group) is 1. The zero-order chi connectivity index (χ0) is 18.9. The van der Waals surface area contributed by atoms with Crippen molar-refractivity contribution in [3.8, 4) is 17.2 Å². The molecule has 0 heterocycles. The van der Waals surface area contributed by atoms with Gasteiger partial charge in [0.15, 0.2) is 5.78 Å². The molecule has 6 heteroatoms. The second-order valence-corrected chi connectivity index (χ2v) is 6.63. The maximum atomic E-state index is 11.5. The number of benzene rings is 2. The van der Waals surface area contributed by atoms with Crippen molar-refractivity contribution < 1.29 is 14.3 Å². The molecule has 0 aliphatic rings. The Bertz CT molecular complexity index is 739. The Kier molecular flexibility index (Phi) is 7.82. The molecule has 0 aliphatic carbocycles. The molecule has 0 aliphatic heterocycles. The van der Waals surface area contributed by atoms with Crippen LogP contribution in [0.1, 0.15) is 13.3 Å². The average Bonchev–Trinajstić information content (AvgIpc) is 2.63. The molecular formula is C20H21Cl2NO3. The van der Waals surface area contributed by atoms with Gasteiger partial charge in [-0.25, -0.2) is 0 Å². The van der Waals surface area contributed by atoms with Crippen molar-refractivity contribution in [1.82, 2.24) is 0 Å². The number of nitrogens with zero attached hydrogens (tertiary/aromatic N) is 1. The minimum Gasteiger partial charge on any atom is -0.489 e. The van der Waals surface area contributed by atoms with Gasteiger partial charge in [-0.05, 0) is 54.6 Å². The van der Waals surface area contributed by atoms with Gasteiger partial charge in [0.1, 0.15) is 28.3 Å². The lowest BCUT2D eigenvalue weighted by atomic mass is 10.2. The number of anilines is 1. The summed E-state index contributed by atoms with van der Waals surface area (Å²) in [5, 5.41) is 0. The van der Waals surface area contributed by atoms with Crippen molar-refractivity contribution in [2.24, 2.45) is 0 Å². The fraction of sp³-hybridized carbons (Fsp3) is 0.250. The fourth-order valence-electron chi connectivity index (χ4n) is 2.18. The van der Waals surface area contributed by atoms with E-state index in [-0.39, 0.29) is 10.3 Å². The molecule has 2 rings (SSSR count). The summed E-state index contributed by atoms with van der Waals surface area (Å²) in [4.78, 5) is 13.5. The van der Waals surface area contributed by atoms with Crippen LogP contribution in [0.3, 0.4) is 0 Å². The van der Waals surface area contributed by atoms with E-state index in [1.54, 1.807) is 6.08 Å². The summed E-state index contributed by atoms with van der Waals surface area (Å²) >= 11 is 11.1. The van der Waals surface area contributed by atoms with Gasteiger partial charge in [0, 0.05) is 19.2 Å². The van der Waals surface area contributed by atoms with E-state index in [1.807, 2.05) is 67.4 Å². The SMILES string of the molecule is CCC(=O)CN(C)c1ccc(Oc2ccc(OCC=C(Cl)Cl)cc2)cc1. The Labute approximate surface area is 163 Å². The van der Waals surface area contributed by atoms with E-state index in [2.05, 4.69) is 0 Å². The summed E-state index contributed by atoms with van der Waals surface area (Å²) in [6, 6.07) is 14.9. The molecule has 0 atom stereocenters. The molecule has 0 radical (unpaired) electrons. The molecule has 138 valence electrons. The number of hydrogen-bond donors (Lipinski definition) is 0. The molecule has 0 saturated carbocycles. The van der Waals surface area contributed by atoms with Crippen molar-refractivity contribution in [1.29, 1.82) is 0 Å². The number of hydrogen-bond acceptors (Lipinski definition) is 4. The van der Waals surface area contributed by atoms with Crippen LogP contribution in [0.2, 0.25) is 0 Å². The smallest absolute Gasteiger partial charge is 0.151 e. The third kappa shape index (κ3) is 6.62. The van der Waals surface area contributed by atoms with Gasteiger partial charge in [0.25, 0.3) is 0 Å². The number of carbonyl (C=O) groups excluding carboxylic acids is 1. The third-order valence-corrected chi connectivity index (χ3v) is 3.94. The van der Waals surface area contributed by atoms with Gasteiger partial charge in [-0.15, -0.1) is 0 Å². The molecule has 2 aromatic carbocycles. The minimum absolute atomic E-state index is 0.179. The Morgan fingerprint density at radius 2 is 1.54 bits per heavy atom. The number of ketones is 1. The zero-order valence-corrected chi connectivity index (χ0v) is 16.3. The maximum Gasteiger partial charge on any atom is 0.151 e. The largest absolute Gasteiger partial charge is 0.489 e. The van der Waals surface area contributed by atoms with Crippen LogP contribution >= 0.6 is 23.2 Å². The van der Waals surface area contributed by atoms with Crippen molar-refractivity contribution >= 4 is 34.7 Å². The third-order valence-electron chi connectivity index (χ3n) is 3.63. The van der Waals surface area contributed by atoms with Gasteiger partial charge < -0.3 is 14.4 Å². The Morgan fingerprint density at radius 1 is 1.00 bits per heavy atom. The normalized spacial score (nSPS) is 10.2. The van der Waals surface area contributed by atoms with Gasteiger partial charge in [-0.3, -0.25) is 4.79 Å². The molecule has 0 saturated heterocycles. The van der Waals surface area contributed by atoms with Crippen LogP contribution in [0, 0.1) is 0 Å². The number of Topliss-reactive ketones (excluding diaryl/α,β-unsaturated/α-hetero) is 1. The van der Waals surface area contributed by atoms with Crippen molar-refractivity contribution in [3.05, 3.63) is 59.1 Å². The van der Waals surface area contributed by atoms with Gasteiger partial charge in [-0.2, -0.15) is 0 Å². The predicted molar refractivity (Wildman–Crippen MR) is 107 cm³/mol. The number of ether oxygens (including phenoxy) is 2. The monoisotopic (exact) mass is 393 g/mol. The first-order chi connectivity index (χ1) is 12.5. The van der Waals surface area contributed by atoms with Crippen LogP contribution in [-0.4, -0.2) is 26.0 Å². The highest BCUT2D eigenvalue weighted by Crippen LogP contribution is 2.26. The quantitative estimate of drug-likeness (QED) is 0.556. The van der Waals surface area contributed by atoms with Crippen molar-refractivity contribution in [3.63, 3.8) is 0 Å². The molecular weight excluding hydrogens is 373 g/mol. The van der Waals surface area contributed by atoms with E-state index >= 15 is 0 Å². The van der Waals surface area contributed by atoms with E-state index in [0.29, 0.717) is 31.1 Å². The van der Waals surface area contributed by atoms with Crippen molar-refractivity contribution in [2.75, 3.05) is 25.1 Å². The van der Waals surface area contributed by atoms with Gasteiger partial charge in [-0.1, -0.05) is 30.1 Å². The standard InChI is InChI=1S/C20H21Cl2NO3/c1-3-16(24)14-23(2)15-4-6-18(7-5-15)26-19-10-8-17(9-11-19)25-13-12-20(21)22/h4-12H,3,13-14H2,1-2H3. The van der Waals surface area contributed by atoms with E-state index in [1.165, 1.54) is 0 Å². The second-order valence-electron chi connectivity index (χ2n) is 5.62. The average molecular weight is 394 g/mol. The lowest BCUT2D eigenvalue weighted by Gasteiger charge is -2.18. The second kappa shape index (κ2) is 10.1. The van der Waals surface area contributed by atoms with Crippen LogP contribution < -0.4 is 14.4 Å². The Morgan fingerprint density at radius 3 is 2.08 bits per heavy atom. The predicted octanol–water partition coefficient (Wildman–Crippen LogP) is 5.59. The van der Waals surface area contributed by atoms with Crippen LogP contribution in [0.5, 0.6) is 17.2 Å². The highest BCUT2D eigenvalue weighted by atomic mass is 35.5. The first-order valence-electron chi connectivity index (χ1n) is 8.22. The summed E-state index contributed by atoms with van der Waals surface area (Å²) in [5.41, 5.74) is 0.967. The molecule has 2 aromatic rings. The molecule has 0 bridgehead atoms. The number of carbonyl (C=O) groups is 1. The van der Waals surface area contributed by atoms with Gasteiger partial charge in [0.2, 0.25) is 0 Å². The number of rotatable bonds is 9. The van der Waals surface area contributed by atoms with Crippen LogP contribution in [0.15, 0.2) is 59.1 Å². The molecule has 0 spiro atoms. The molecule has 0 aromatic heterocycles. The lowest BCUT2D eigenvalue weighted by Crippen LogP contribution is -2.24. The summed E-state index contributed by atoms with van der Waals surface area (Å²) in [5.74, 6) is 2.32. The summed E-state index contributed by atoms with van der Waals surface area (Å²) in [6.07, 6.45) is 2.11. The maximum absolute atomic E-state index is 11.5. The summed E-state index contributed by atoms with van der Waals surface area (Å²) in [6.45, 7) is 2.58. The first-order valence-corrected chi connectivity index (χ1v) is 8.98. The Hall–Kier alpha value is -2.17. The molecule has 0 unspecified atom stereocenters. The highest BCUT2D eigenvalue weighted by Gasteiger charge is 2.06. The highest BCUT2D eigenvalue weighted by molar-refractivity contribution is 6.55. The first kappa shape index (κ1) is 20.1. The zero-order valence-electron chi connectivity index (χ0n) is 14.7. The van der Waals surface area contributed by atoms with Crippen molar-refractivity contribution in [2.45, 2.75) is 13.3 Å². The van der Waals surface area contributed by atoms with Crippen LogP contribution in [0.4, 0.5) is 5.69 Å².